The molecule has 0 heterocycles. The fourth-order valence-corrected chi connectivity index (χ4v) is 2.63. The highest BCUT2D eigenvalue weighted by atomic mass is 19.3. The van der Waals surface area contributed by atoms with E-state index in [-0.39, 0.29) is 23.8 Å². The molecule has 1 amide bonds. The van der Waals surface area contributed by atoms with E-state index < -0.39 is 5.92 Å². The third-order valence-corrected chi connectivity index (χ3v) is 3.68. The summed E-state index contributed by atoms with van der Waals surface area (Å²) in [5.41, 5.74) is 7.17. The average Bonchev–Trinajstić information content (AvgIpc) is 2.64. The Morgan fingerprint density at radius 1 is 1.38 bits per heavy atom. The van der Waals surface area contributed by atoms with Crippen molar-refractivity contribution in [3.8, 4) is 0 Å². The van der Waals surface area contributed by atoms with E-state index in [1.165, 1.54) is 6.08 Å². The maximum atomic E-state index is 13.4. The molecule has 1 unspecified atom stereocenters. The van der Waals surface area contributed by atoms with Crippen molar-refractivity contribution in [3.05, 3.63) is 59.2 Å². The first-order valence-corrected chi connectivity index (χ1v) is 7.00. The number of halogens is 2. The molecule has 0 fully saturated rings. The minimum atomic E-state index is -2.82. The van der Waals surface area contributed by atoms with E-state index in [4.69, 9.17) is 5.73 Å². The first kappa shape index (κ1) is 15.4. The second-order valence-corrected chi connectivity index (χ2v) is 5.43. The van der Waals surface area contributed by atoms with E-state index in [2.05, 4.69) is 0 Å². The highest BCUT2D eigenvalue weighted by molar-refractivity contribution is 5.77. The van der Waals surface area contributed by atoms with Crippen LogP contribution >= 0.6 is 0 Å². The molecule has 1 atom stereocenters. The van der Waals surface area contributed by atoms with E-state index in [0.29, 0.717) is 6.42 Å². The van der Waals surface area contributed by atoms with Gasteiger partial charge in [0, 0.05) is 18.4 Å². The number of amides is 1. The molecule has 0 radical (unpaired) electrons. The Labute approximate surface area is 123 Å². The predicted octanol–water partition coefficient (Wildman–Crippen LogP) is 3.73. The van der Waals surface area contributed by atoms with Gasteiger partial charge in [0.25, 0.3) is 5.92 Å². The summed E-state index contributed by atoms with van der Waals surface area (Å²) in [6.07, 6.45) is 6.39. The van der Waals surface area contributed by atoms with Crippen molar-refractivity contribution in [1.82, 2.24) is 0 Å². The van der Waals surface area contributed by atoms with E-state index in [1.807, 2.05) is 24.3 Å². The zero-order valence-corrected chi connectivity index (χ0v) is 12.0. The Kier molecular flexibility index (Phi) is 4.56. The smallest absolute Gasteiger partial charge is 0.270 e. The number of alkyl halides is 2. The lowest BCUT2D eigenvalue weighted by Crippen LogP contribution is -2.15. The number of allylic oxidation sites excluding steroid dienone is 4. The van der Waals surface area contributed by atoms with Crippen LogP contribution in [0.2, 0.25) is 0 Å². The molecule has 2 nitrogen and oxygen atoms in total. The van der Waals surface area contributed by atoms with Crippen molar-refractivity contribution in [2.24, 2.45) is 5.73 Å². The van der Waals surface area contributed by atoms with Crippen LogP contribution in [0.25, 0.3) is 0 Å². The SMILES string of the molecule is CC(F)(F)C1=CCCC(c2ccccc2CC(N)=O)C=C1. The van der Waals surface area contributed by atoms with Gasteiger partial charge in [0.2, 0.25) is 5.91 Å². The molecule has 0 saturated heterocycles. The lowest BCUT2D eigenvalue weighted by molar-refractivity contribution is -0.117. The van der Waals surface area contributed by atoms with Crippen molar-refractivity contribution < 1.29 is 13.6 Å². The van der Waals surface area contributed by atoms with Gasteiger partial charge in [0.05, 0.1) is 6.42 Å². The largest absolute Gasteiger partial charge is 0.369 e. The monoisotopic (exact) mass is 291 g/mol. The fraction of sp³-hybridized carbons (Fsp3) is 0.353. The highest BCUT2D eigenvalue weighted by Crippen LogP contribution is 2.33. The van der Waals surface area contributed by atoms with Crippen molar-refractivity contribution >= 4 is 5.91 Å². The van der Waals surface area contributed by atoms with Crippen LogP contribution in [0.4, 0.5) is 8.78 Å². The molecule has 21 heavy (non-hydrogen) atoms. The Hall–Kier alpha value is -1.97. The molecule has 0 bridgehead atoms. The van der Waals surface area contributed by atoms with Gasteiger partial charge < -0.3 is 5.73 Å². The second kappa shape index (κ2) is 6.20. The Morgan fingerprint density at radius 3 is 2.76 bits per heavy atom. The highest BCUT2D eigenvalue weighted by Gasteiger charge is 2.26. The van der Waals surface area contributed by atoms with Gasteiger partial charge >= 0.3 is 0 Å². The van der Waals surface area contributed by atoms with Gasteiger partial charge in [0.15, 0.2) is 0 Å². The fourth-order valence-electron chi connectivity index (χ4n) is 2.63. The molecular formula is C17H19F2NO. The summed E-state index contributed by atoms with van der Waals surface area (Å²) in [5.74, 6) is -3.19. The summed E-state index contributed by atoms with van der Waals surface area (Å²) in [6.45, 7) is 0.907. The summed E-state index contributed by atoms with van der Waals surface area (Å²) in [4.78, 5) is 11.1. The maximum Gasteiger partial charge on any atom is 0.270 e. The summed E-state index contributed by atoms with van der Waals surface area (Å²) in [6, 6.07) is 7.54. The molecule has 1 aliphatic carbocycles. The van der Waals surface area contributed by atoms with Crippen LogP contribution in [-0.4, -0.2) is 11.8 Å². The first-order chi connectivity index (χ1) is 9.88. The van der Waals surface area contributed by atoms with Gasteiger partial charge in [0.1, 0.15) is 0 Å². The van der Waals surface area contributed by atoms with E-state index in [9.17, 15) is 13.6 Å². The van der Waals surface area contributed by atoms with Crippen LogP contribution in [0.3, 0.4) is 0 Å². The molecule has 1 aliphatic rings. The molecule has 2 N–H and O–H groups in total. The van der Waals surface area contributed by atoms with E-state index in [1.54, 1.807) is 12.2 Å². The van der Waals surface area contributed by atoms with Gasteiger partial charge in [-0.25, -0.2) is 8.78 Å². The first-order valence-electron chi connectivity index (χ1n) is 7.00. The lowest BCUT2D eigenvalue weighted by atomic mass is 9.89. The van der Waals surface area contributed by atoms with Crippen LogP contribution in [0.5, 0.6) is 0 Å². The summed E-state index contributed by atoms with van der Waals surface area (Å²) < 4.78 is 26.8. The predicted molar refractivity (Wildman–Crippen MR) is 79.2 cm³/mol. The zero-order chi connectivity index (χ0) is 15.5. The van der Waals surface area contributed by atoms with Gasteiger partial charge in [-0.15, -0.1) is 0 Å². The second-order valence-electron chi connectivity index (χ2n) is 5.43. The zero-order valence-electron chi connectivity index (χ0n) is 12.0. The minimum absolute atomic E-state index is 0.0247. The van der Waals surface area contributed by atoms with Crippen LogP contribution in [0, 0.1) is 0 Å². The Balaban J connectivity index is 2.27. The molecule has 0 saturated carbocycles. The number of carbonyl (C=O) groups is 1. The molecule has 112 valence electrons. The number of carbonyl (C=O) groups excluding carboxylic acids is 1. The standard InChI is InChI=1S/C17H19F2NO/c1-17(18,19)14-7-4-6-12(9-10-14)15-8-3-2-5-13(15)11-16(20)21/h2-3,5,7-10,12H,4,6,11H2,1H3,(H2,20,21). The normalized spacial score (nSPS) is 19.0. The van der Waals surface area contributed by atoms with E-state index >= 15 is 0 Å². The van der Waals surface area contributed by atoms with E-state index in [0.717, 1.165) is 24.5 Å². The van der Waals surface area contributed by atoms with Crippen LogP contribution in [-0.2, 0) is 11.2 Å². The summed E-state index contributed by atoms with van der Waals surface area (Å²) in [5, 5.41) is 0. The molecular weight excluding hydrogens is 272 g/mol. The Morgan fingerprint density at radius 2 is 2.10 bits per heavy atom. The molecule has 0 aromatic heterocycles. The van der Waals surface area contributed by atoms with Crippen LogP contribution < -0.4 is 5.73 Å². The number of rotatable bonds is 4. The minimum Gasteiger partial charge on any atom is -0.369 e. The number of hydrogen-bond donors (Lipinski definition) is 1. The third kappa shape index (κ3) is 4.00. The molecule has 1 aromatic carbocycles. The topological polar surface area (TPSA) is 43.1 Å². The van der Waals surface area contributed by atoms with Crippen LogP contribution in [0.15, 0.2) is 48.1 Å². The number of nitrogens with two attached hydrogens (primary N) is 1. The molecule has 2 rings (SSSR count). The van der Waals surface area contributed by atoms with Crippen molar-refractivity contribution in [1.29, 1.82) is 0 Å². The lowest BCUT2D eigenvalue weighted by Gasteiger charge is -2.15. The molecule has 4 heteroatoms. The average molecular weight is 291 g/mol. The van der Waals surface area contributed by atoms with Gasteiger partial charge in [-0.2, -0.15) is 0 Å². The molecule has 0 spiro atoms. The summed E-state index contributed by atoms with van der Waals surface area (Å²) in [7, 11) is 0. The number of primary amides is 1. The Bertz CT molecular complexity index is 585. The third-order valence-electron chi connectivity index (χ3n) is 3.68. The van der Waals surface area contributed by atoms with Gasteiger partial charge in [-0.05, 0) is 24.0 Å². The maximum absolute atomic E-state index is 13.4. The van der Waals surface area contributed by atoms with Crippen LogP contribution in [0.1, 0.15) is 36.8 Å². The van der Waals surface area contributed by atoms with Crippen molar-refractivity contribution in [2.75, 3.05) is 0 Å². The number of hydrogen-bond acceptors (Lipinski definition) is 1. The van der Waals surface area contributed by atoms with Gasteiger partial charge in [-0.3, -0.25) is 4.79 Å². The van der Waals surface area contributed by atoms with Crippen molar-refractivity contribution in [3.63, 3.8) is 0 Å². The quantitative estimate of drug-likeness (QED) is 0.902. The molecule has 1 aromatic rings. The van der Waals surface area contributed by atoms with Gasteiger partial charge in [-0.1, -0.05) is 42.5 Å². The molecule has 0 aliphatic heterocycles. The van der Waals surface area contributed by atoms with Crippen molar-refractivity contribution in [2.45, 2.75) is 38.0 Å². The number of benzene rings is 1. The summed E-state index contributed by atoms with van der Waals surface area (Å²) >= 11 is 0.